The Morgan fingerprint density at radius 2 is 1.76 bits per heavy atom. The molecule has 4 aromatic rings. The summed E-state index contributed by atoms with van der Waals surface area (Å²) < 4.78 is 0.972. The van der Waals surface area contributed by atoms with Crippen LogP contribution in [0.2, 0.25) is 0 Å². The second kappa shape index (κ2) is 9.95. The molecular formula is C25H21IN4O3. The van der Waals surface area contributed by atoms with E-state index in [4.69, 9.17) is 0 Å². The molecule has 166 valence electrons. The molecule has 0 atom stereocenters. The Hall–Kier alpha value is -3.53. The summed E-state index contributed by atoms with van der Waals surface area (Å²) in [7, 11) is 1.71. The molecule has 7 nitrogen and oxygen atoms in total. The standard InChI is InChI=1S/C25H21IN4O3/c1-30(22(31)14-7-16-5-3-2-4-6-16)19-11-8-17(9-12-19)24(32)29-28-23-20-15-18(26)10-13-21(20)27-25(23)33/h2-6,8-13,15,27,33H,7,14H2,1H3. The number of aromatic nitrogens is 1. The third-order valence-corrected chi connectivity index (χ3v) is 5.97. The van der Waals surface area contributed by atoms with Gasteiger partial charge in [0.1, 0.15) is 0 Å². The maximum absolute atomic E-state index is 12.5. The van der Waals surface area contributed by atoms with Gasteiger partial charge in [-0.2, -0.15) is 0 Å². The van der Waals surface area contributed by atoms with Crippen molar-refractivity contribution in [3.63, 3.8) is 0 Å². The van der Waals surface area contributed by atoms with Gasteiger partial charge in [0.05, 0.1) is 5.52 Å². The third-order valence-electron chi connectivity index (χ3n) is 5.30. The Bertz CT molecular complexity index is 1330. The number of aromatic hydroxyl groups is 1. The highest BCUT2D eigenvalue weighted by atomic mass is 127. The van der Waals surface area contributed by atoms with E-state index in [1.807, 2.05) is 48.5 Å². The Labute approximate surface area is 204 Å². The Balaban J connectivity index is 1.42. The minimum absolute atomic E-state index is 0.0120. The van der Waals surface area contributed by atoms with Crippen molar-refractivity contribution in [2.75, 3.05) is 11.9 Å². The van der Waals surface area contributed by atoms with Crippen LogP contribution in [0.1, 0.15) is 22.3 Å². The zero-order valence-electron chi connectivity index (χ0n) is 17.8. The smallest absolute Gasteiger partial charge is 0.295 e. The summed E-state index contributed by atoms with van der Waals surface area (Å²) in [5, 5.41) is 18.5. The zero-order chi connectivity index (χ0) is 23.4. The van der Waals surface area contributed by atoms with Gasteiger partial charge >= 0.3 is 0 Å². The fraction of sp³-hybridized carbons (Fsp3) is 0.120. The molecule has 0 unspecified atom stereocenters. The van der Waals surface area contributed by atoms with E-state index >= 15 is 0 Å². The summed E-state index contributed by atoms with van der Waals surface area (Å²) in [6.07, 6.45) is 1.06. The summed E-state index contributed by atoms with van der Waals surface area (Å²) in [6, 6.07) is 22.1. The number of aromatic amines is 1. The molecule has 0 spiro atoms. The van der Waals surface area contributed by atoms with Crippen molar-refractivity contribution in [2.45, 2.75) is 12.8 Å². The van der Waals surface area contributed by atoms with Crippen LogP contribution in [-0.4, -0.2) is 29.0 Å². The SMILES string of the molecule is CN(C(=O)CCc1ccccc1)c1ccc(C(=O)N=Nc2c(O)[nH]c3ccc(I)cc23)cc1. The van der Waals surface area contributed by atoms with Crippen LogP contribution in [0.3, 0.4) is 0 Å². The molecule has 4 rings (SSSR count). The fourth-order valence-electron chi connectivity index (χ4n) is 3.43. The van der Waals surface area contributed by atoms with Crippen molar-refractivity contribution in [1.29, 1.82) is 0 Å². The van der Waals surface area contributed by atoms with Crippen LogP contribution < -0.4 is 4.90 Å². The Morgan fingerprint density at radius 1 is 1.03 bits per heavy atom. The van der Waals surface area contributed by atoms with E-state index in [1.54, 1.807) is 36.2 Å². The van der Waals surface area contributed by atoms with Gasteiger partial charge in [0, 0.05) is 33.7 Å². The molecule has 0 saturated carbocycles. The number of halogens is 1. The van der Waals surface area contributed by atoms with E-state index in [1.165, 1.54) is 0 Å². The molecule has 3 aromatic carbocycles. The molecule has 0 aliphatic rings. The minimum Gasteiger partial charge on any atom is -0.493 e. The Kier molecular flexibility index (Phi) is 6.83. The molecule has 0 aliphatic heterocycles. The highest BCUT2D eigenvalue weighted by molar-refractivity contribution is 14.1. The average molecular weight is 552 g/mol. The molecular weight excluding hydrogens is 531 g/mol. The third kappa shape index (κ3) is 5.28. The lowest BCUT2D eigenvalue weighted by atomic mass is 10.1. The first-order chi connectivity index (χ1) is 15.9. The maximum Gasteiger partial charge on any atom is 0.295 e. The molecule has 1 aromatic heterocycles. The molecule has 8 heteroatoms. The number of nitrogens with zero attached hydrogens (tertiary/aromatic N) is 3. The molecule has 33 heavy (non-hydrogen) atoms. The number of benzene rings is 3. The van der Waals surface area contributed by atoms with Gasteiger partial charge in [0.25, 0.3) is 5.91 Å². The average Bonchev–Trinajstić information content (AvgIpc) is 3.15. The molecule has 0 saturated heterocycles. The predicted molar refractivity (Wildman–Crippen MR) is 136 cm³/mol. The van der Waals surface area contributed by atoms with Gasteiger partial charge in [0.2, 0.25) is 11.8 Å². The monoisotopic (exact) mass is 552 g/mol. The number of nitrogens with one attached hydrogen (secondary N) is 1. The van der Waals surface area contributed by atoms with Crippen molar-refractivity contribution < 1.29 is 14.7 Å². The van der Waals surface area contributed by atoms with Crippen molar-refractivity contribution in [3.8, 4) is 5.88 Å². The molecule has 0 bridgehead atoms. The molecule has 1 heterocycles. The number of amides is 2. The number of anilines is 1. The van der Waals surface area contributed by atoms with Crippen molar-refractivity contribution >= 4 is 56.7 Å². The normalized spacial score (nSPS) is 11.2. The van der Waals surface area contributed by atoms with Gasteiger partial charge in [-0.15, -0.1) is 10.2 Å². The van der Waals surface area contributed by atoms with Crippen LogP contribution in [0.4, 0.5) is 11.4 Å². The molecule has 2 N–H and O–H groups in total. The zero-order valence-corrected chi connectivity index (χ0v) is 20.0. The second-order valence-corrected chi connectivity index (χ2v) is 8.75. The molecule has 0 fully saturated rings. The van der Waals surface area contributed by atoms with Crippen LogP contribution in [0, 0.1) is 3.57 Å². The minimum atomic E-state index is -0.543. The highest BCUT2D eigenvalue weighted by Gasteiger charge is 2.14. The number of H-pyrrole nitrogens is 1. The predicted octanol–water partition coefficient (Wildman–Crippen LogP) is 6.00. The fourth-order valence-corrected chi connectivity index (χ4v) is 3.92. The van der Waals surface area contributed by atoms with Crippen molar-refractivity contribution in [1.82, 2.24) is 4.98 Å². The lowest BCUT2D eigenvalue weighted by Crippen LogP contribution is -2.26. The lowest BCUT2D eigenvalue weighted by Gasteiger charge is -2.17. The van der Waals surface area contributed by atoms with E-state index in [0.29, 0.717) is 35.0 Å². The first-order valence-corrected chi connectivity index (χ1v) is 11.4. The van der Waals surface area contributed by atoms with E-state index in [-0.39, 0.29) is 17.5 Å². The maximum atomic E-state index is 12.5. The number of rotatable bonds is 6. The van der Waals surface area contributed by atoms with Crippen molar-refractivity contribution in [3.05, 3.63) is 87.5 Å². The highest BCUT2D eigenvalue weighted by Crippen LogP contribution is 2.36. The van der Waals surface area contributed by atoms with Gasteiger partial charge in [-0.25, -0.2) is 0 Å². The van der Waals surface area contributed by atoms with Gasteiger partial charge < -0.3 is 15.0 Å². The van der Waals surface area contributed by atoms with E-state index in [2.05, 4.69) is 37.8 Å². The number of aryl methyl sites for hydroxylation is 1. The molecule has 0 radical (unpaired) electrons. The Morgan fingerprint density at radius 3 is 2.48 bits per heavy atom. The van der Waals surface area contributed by atoms with Gasteiger partial charge in [-0.3, -0.25) is 9.59 Å². The van der Waals surface area contributed by atoms with Gasteiger partial charge in [0.15, 0.2) is 5.69 Å². The van der Waals surface area contributed by atoms with Crippen molar-refractivity contribution in [2.24, 2.45) is 10.2 Å². The number of azo groups is 1. The second-order valence-electron chi connectivity index (χ2n) is 7.50. The number of carbonyl (C=O) groups is 2. The topological polar surface area (TPSA) is 98.1 Å². The van der Waals surface area contributed by atoms with Crippen LogP contribution in [0.25, 0.3) is 10.9 Å². The van der Waals surface area contributed by atoms with E-state index in [9.17, 15) is 14.7 Å². The van der Waals surface area contributed by atoms with Crippen LogP contribution in [-0.2, 0) is 11.2 Å². The first kappa shape index (κ1) is 22.7. The molecule has 0 aliphatic carbocycles. The number of hydrogen-bond acceptors (Lipinski definition) is 4. The van der Waals surface area contributed by atoms with E-state index in [0.717, 1.165) is 9.13 Å². The number of carbonyl (C=O) groups excluding carboxylic acids is 2. The number of hydrogen-bond donors (Lipinski definition) is 2. The van der Waals surface area contributed by atoms with Crippen LogP contribution >= 0.6 is 22.6 Å². The molecule has 2 amide bonds. The van der Waals surface area contributed by atoms with E-state index < -0.39 is 5.91 Å². The summed E-state index contributed by atoms with van der Waals surface area (Å²) >= 11 is 2.16. The first-order valence-electron chi connectivity index (χ1n) is 10.3. The van der Waals surface area contributed by atoms with Crippen LogP contribution in [0.5, 0.6) is 5.88 Å². The lowest BCUT2D eigenvalue weighted by molar-refractivity contribution is -0.118. The quantitative estimate of drug-likeness (QED) is 0.227. The summed E-state index contributed by atoms with van der Waals surface area (Å²) in [6.45, 7) is 0. The van der Waals surface area contributed by atoms with Gasteiger partial charge in [-0.05, 0) is 77.0 Å². The summed E-state index contributed by atoms with van der Waals surface area (Å²) in [5.74, 6) is -0.699. The van der Waals surface area contributed by atoms with Gasteiger partial charge in [-0.1, -0.05) is 30.3 Å². The summed E-state index contributed by atoms with van der Waals surface area (Å²) in [4.78, 5) is 29.4. The van der Waals surface area contributed by atoms with Crippen LogP contribution in [0.15, 0.2) is 83.0 Å². The largest absolute Gasteiger partial charge is 0.493 e. The number of fused-ring (bicyclic) bond motifs is 1. The summed E-state index contributed by atoms with van der Waals surface area (Å²) in [5.41, 5.74) is 3.06.